The van der Waals surface area contributed by atoms with Crippen molar-refractivity contribution in [1.29, 1.82) is 0 Å². The Hall–Kier alpha value is -3.78. The Labute approximate surface area is 181 Å². The van der Waals surface area contributed by atoms with E-state index in [0.717, 1.165) is 11.5 Å². The Kier molecular flexibility index (Phi) is 4.86. The molecule has 4 aromatic rings. The lowest BCUT2D eigenvalue weighted by Gasteiger charge is -2.26. The summed E-state index contributed by atoms with van der Waals surface area (Å²) in [6.07, 6.45) is 0. The normalized spacial score (nSPS) is 14.2. The number of nitrogens with one attached hydrogen (secondary N) is 1. The highest BCUT2D eigenvalue weighted by molar-refractivity contribution is 6.17. The molecular formula is C24H19F2N3O3. The van der Waals surface area contributed by atoms with E-state index in [1.165, 1.54) is 18.2 Å². The van der Waals surface area contributed by atoms with Gasteiger partial charge in [-0.3, -0.25) is 9.59 Å². The number of ether oxygens (including phenoxy) is 1. The average molecular weight is 435 g/mol. The summed E-state index contributed by atoms with van der Waals surface area (Å²) in [5, 5.41) is 1.36. The van der Waals surface area contributed by atoms with Gasteiger partial charge in [-0.05, 0) is 35.9 Å². The Morgan fingerprint density at radius 1 is 1.00 bits per heavy atom. The van der Waals surface area contributed by atoms with Gasteiger partial charge in [-0.2, -0.15) is 0 Å². The molecule has 1 saturated heterocycles. The van der Waals surface area contributed by atoms with E-state index in [4.69, 9.17) is 10.5 Å². The van der Waals surface area contributed by atoms with Gasteiger partial charge in [0.1, 0.15) is 0 Å². The maximum absolute atomic E-state index is 14.4. The zero-order chi connectivity index (χ0) is 22.4. The molecule has 2 heterocycles. The number of carbonyl (C=O) groups excluding carboxylic acids is 2. The number of fused-ring (bicyclic) bond motifs is 3. The number of H-pyrrole nitrogens is 1. The summed E-state index contributed by atoms with van der Waals surface area (Å²) in [7, 11) is 0. The van der Waals surface area contributed by atoms with Crippen LogP contribution < -0.4 is 5.73 Å². The first kappa shape index (κ1) is 20.1. The van der Waals surface area contributed by atoms with Gasteiger partial charge in [0.15, 0.2) is 11.6 Å². The predicted molar refractivity (Wildman–Crippen MR) is 116 cm³/mol. The zero-order valence-corrected chi connectivity index (χ0v) is 17.0. The van der Waals surface area contributed by atoms with Gasteiger partial charge in [0.05, 0.1) is 24.3 Å². The SMILES string of the molecule is NC(=O)c1cc(-c2cccc(F)c2F)cc2c1[nH]c1cc(C(=O)N3CCOCC3)ccc12. The Morgan fingerprint density at radius 2 is 1.78 bits per heavy atom. The van der Waals surface area contributed by atoms with E-state index in [2.05, 4.69) is 4.98 Å². The van der Waals surface area contributed by atoms with Crippen LogP contribution in [0.25, 0.3) is 32.9 Å². The lowest BCUT2D eigenvalue weighted by molar-refractivity contribution is 0.0303. The third kappa shape index (κ3) is 3.29. The van der Waals surface area contributed by atoms with Crippen LogP contribution in [-0.4, -0.2) is 48.0 Å². The van der Waals surface area contributed by atoms with Crippen LogP contribution in [0.3, 0.4) is 0 Å². The predicted octanol–water partition coefficient (Wildman–Crippen LogP) is 3.84. The Morgan fingerprint density at radius 3 is 2.53 bits per heavy atom. The van der Waals surface area contributed by atoms with E-state index >= 15 is 0 Å². The number of rotatable bonds is 3. The molecule has 5 rings (SSSR count). The van der Waals surface area contributed by atoms with Gasteiger partial charge < -0.3 is 20.4 Å². The highest BCUT2D eigenvalue weighted by Gasteiger charge is 2.21. The summed E-state index contributed by atoms with van der Waals surface area (Å²) in [4.78, 5) is 29.9. The van der Waals surface area contributed by atoms with E-state index in [1.54, 1.807) is 29.2 Å². The number of aromatic amines is 1. The quantitative estimate of drug-likeness (QED) is 0.513. The number of hydrogen-bond donors (Lipinski definition) is 2. The first-order valence-corrected chi connectivity index (χ1v) is 10.1. The number of benzene rings is 3. The second-order valence-electron chi connectivity index (χ2n) is 7.70. The van der Waals surface area contributed by atoms with E-state index in [9.17, 15) is 18.4 Å². The fourth-order valence-corrected chi connectivity index (χ4v) is 4.17. The number of primary amides is 1. The van der Waals surface area contributed by atoms with Gasteiger partial charge in [0.2, 0.25) is 0 Å². The van der Waals surface area contributed by atoms with Crippen LogP contribution in [-0.2, 0) is 4.74 Å². The number of morpholine rings is 1. The standard InChI is InChI=1S/C24H19F2N3O3/c25-19-3-1-2-15(21(19)26)14-10-17-16-5-4-13(24(31)29-6-8-32-9-7-29)12-20(16)28-22(17)18(11-14)23(27)30/h1-5,10-12,28H,6-9H2,(H2,27,30). The lowest BCUT2D eigenvalue weighted by atomic mass is 9.98. The Balaban J connectivity index is 1.67. The summed E-state index contributed by atoms with van der Waals surface area (Å²) in [5.41, 5.74) is 7.72. The van der Waals surface area contributed by atoms with Gasteiger partial charge in [0.25, 0.3) is 11.8 Å². The molecule has 0 unspecified atom stereocenters. The molecule has 0 spiro atoms. The van der Waals surface area contributed by atoms with Gasteiger partial charge >= 0.3 is 0 Å². The van der Waals surface area contributed by atoms with Crippen LogP contribution in [0.5, 0.6) is 0 Å². The molecule has 2 amide bonds. The molecule has 1 aliphatic heterocycles. The molecule has 0 bridgehead atoms. The number of nitrogens with zero attached hydrogens (tertiary/aromatic N) is 1. The molecule has 6 nitrogen and oxygen atoms in total. The van der Waals surface area contributed by atoms with Crippen molar-refractivity contribution in [2.24, 2.45) is 5.73 Å². The molecule has 1 fully saturated rings. The minimum absolute atomic E-state index is 0.0304. The second kappa shape index (κ2) is 7.72. The van der Waals surface area contributed by atoms with Crippen molar-refractivity contribution in [1.82, 2.24) is 9.88 Å². The van der Waals surface area contributed by atoms with E-state index < -0.39 is 17.5 Å². The average Bonchev–Trinajstić information content (AvgIpc) is 3.18. The minimum Gasteiger partial charge on any atom is -0.378 e. The van der Waals surface area contributed by atoms with Crippen molar-refractivity contribution in [2.75, 3.05) is 26.3 Å². The molecule has 0 aliphatic carbocycles. The van der Waals surface area contributed by atoms with Gasteiger partial charge in [-0.25, -0.2) is 8.78 Å². The van der Waals surface area contributed by atoms with E-state index in [0.29, 0.717) is 53.8 Å². The van der Waals surface area contributed by atoms with Gasteiger partial charge in [0, 0.05) is 40.5 Å². The number of amides is 2. The van der Waals surface area contributed by atoms with Crippen molar-refractivity contribution >= 4 is 33.6 Å². The first-order chi connectivity index (χ1) is 15.4. The number of aromatic nitrogens is 1. The van der Waals surface area contributed by atoms with Crippen molar-refractivity contribution in [2.45, 2.75) is 0 Å². The maximum atomic E-state index is 14.4. The van der Waals surface area contributed by atoms with Crippen molar-refractivity contribution in [3.8, 4) is 11.1 Å². The fraction of sp³-hybridized carbons (Fsp3) is 0.167. The van der Waals surface area contributed by atoms with Crippen LogP contribution in [0.15, 0.2) is 48.5 Å². The topological polar surface area (TPSA) is 88.4 Å². The smallest absolute Gasteiger partial charge is 0.254 e. The molecule has 0 saturated carbocycles. The molecule has 0 radical (unpaired) electrons. The summed E-state index contributed by atoms with van der Waals surface area (Å²) in [5.74, 6) is -2.79. The van der Waals surface area contributed by atoms with E-state index in [-0.39, 0.29) is 17.0 Å². The van der Waals surface area contributed by atoms with Crippen LogP contribution in [0.2, 0.25) is 0 Å². The molecule has 1 aromatic heterocycles. The summed E-state index contributed by atoms with van der Waals surface area (Å²) in [6.45, 7) is 2.05. The van der Waals surface area contributed by atoms with Crippen LogP contribution in [0, 0.1) is 11.6 Å². The van der Waals surface area contributed by atoms with Crippen LogP contribution >= 0.6 is 0 Å². The number of halogens is 2. The summed E-state index contributed by atoms with van der Waals surface area (Å²) >= 11 is 0. The summed E-state index contributed by atoms with van der Waals surface area (Å²) < 4.78 is 33.5. The third-order valence-corrected chi connectivity index (χ3v) is 5.78. The van der Waals surface area contributed by atoms with Crippen LogP contribution in [0.4, 0.5) is 8.78 Å². The molecular weight excluding hydrogens is 416 g/mol. The molecule has 1 aliphatic rings. The Bertz CT molecular complexity index is 1390. The number of hydrogen-bond acceptors (Lipinski definition) is 3. The number of nitrogens with two attached hydrogens (primary N) is 1. The first-order valence-electron chi connectivity index (χ1n) is 10.1. The molecule has 162 valence electrons. The molecule has 3 N–H and O–H groups in total. The highest BCUT2D eigenvalue weighted by Crippen LogP contribution is 2.34. The van der Waals surface area contributed by atoms with Crippen molar-refractivity contribution < 1.29 is 23.1 Å². The second-order valence-corrected chi connectivity index (χ2v) is 7.70. The highest BCUT2D eigenvalue weighted by atomic mass is 19.2. The molecule has 32 heavy (non-hydrogen) atoms. The molecule has 3 aromatic carbocycles. The number of carbonyl (C=O) groups is 2. The maximum Gasteiger partial charge on any atom is 0.254 e. The lowest BCUT2D eigenvalue weighted by Crippen LogP contribution is -2.40. The largest absolute Gasteiger partial charge is 0.378 e. The van der Waals surface area contributed by atoms with Gasteiger partial charge in [-0.15, -0.1) is 0 Å². The molecule has 0 atom stereocenters. The van der Waals surface area contributed by atoms with Crippen LogP contribution in [0.1, 0.15) is 20.7 Å². The van der Waals surface area contributed by atoms with E-state index in [1.807, 2.05) is 0 Å². The third-order valence-electron chi connectivity index (χ3n) is 5.78. The zero-order valence-electron chi connectivity index (χ0n) is 17.0. The van der Waals surface area contributed by atoms with Crippen molar-refractivity contribution in [3.63, 3.8) is 0 Å². The van der Waals surface area contributed by atoms with Gasteiger partial charge in [-0.1, -0.05) is 18.2 Å². The molecule has 8 heteroatoms. The monoisotopic (exact) mass is 435 g/mol. The fourth-order valence-electron chi connectivity index (χ4n) is 4.17. The summed E-state index contributed by atoms with van der Waals surface area (Å²) in [6, 6.07) is 12.2. The van der Waals surface area contributed by atoms with Crippen molar-refractivity contribution in [3.05, 3.63) is 71.3 Å². The minimum atomic E-state index is -1.000.